The molecule has 1 aromatic heterocycles. The first-order valence-corrected chi connectivity index (χ1v) is 5.92. The molecular formula is C11H18ClN3O. The van der Waals surface area contributed by atoms with Crippen LogP contribution in [0.1, 0.15) is 27.2 Å². The van der Waals surface area contributed by atoms with Gasteiger partial charge in [0.1, 0.15) is 5.82 Å². The molecule has 1 atom stereocenters. The highest BCUT2D eigenvalue weighted by molar-refractivity contribution is 6.20. The van der Waals surface area contributed by atoms with Gasteiger partial charge in [0.25, 0.3) is 0 Å². The van der Waals surface area contributed by atoms with Crippen LogP contribution in [0.15, 0.2) is 12.4 Å². The zero-order valence-corrected chi connectivity index (χ0v) is 10.7. The highest BCUT2D eigenvalue weighted by atomic mass is 35.5. The van der Waals surface area contributed by atoms with E-state index in [-0.39, 0.29) is 11.5 Å². The van der Waals surface area contributed by atoms with E-state index in [0.29, 0.717) is 18.2 Å². The third kappa shape index (κ3) is 4.66. The molecule has 1 heterocycles. The van der Waals surface area contributed by atoms with Crippen molar-refractivity contribution < 1.29 is 4.74 Å². The number of rotatable bonds is 6. The molecule has 0 aromatic carbocycles. The minimum Gasteiger partial charge on any atom is -0.474 e. The Kier molecular flexibility index (Phi) is 5.32. The highest BCUT2D eigenvalue weighted by Crippen LogP contribution is 2.11. The van der Waals surface area contributed by atoms with Crippen molar-refractivity contribution in [1.29, 1.82) is 0 Å². The lowest BCUT2D eigenvalue weighted by Gasteiger charge is -2.11. The molecule has 5 heteroatoms. The first-order chi connectivity index (χ1) is 7.61. The Labute approximate surface area is 101 Å². The van der Waals surface area contributed by atoms with Gasteiger partial charge in [-0.25, -0.2) is 0 Å². The summed E-state index contributed by atoms with van der Waals surface area (Å²) >= 11 is 6.00. The van der Waals surface area contributed by atoms with Gasteiger partial charge in [-0.2, -0.15) is 4.98 Å². The van der Waals surface area contributed by atoms with Crippen molar-refractivity contribution in [3.8, 4) is 5.88 Å². The van der Waals surface area contributed by atoms with Crippen molar-refractivity contribution >= 4 is 17.4 Å². The number of nitrogens with zero attached hydrogens (tertiary/aromatic N) is 2. The van der Waals surface area contributed by atoms with Gasteiger partial charge in [-0.05, 0) is 20.3 Å². The van der Waals surface area contributed by atoms with Crippen LogP contribution in [0, 0.1) is 0 Å². The normalized spacial score (nSPS) is 12.6. The predicted molar refractivity (Wildman–Crippen MR) is 66.2 cm³/mol. The number of halogens is 1. The van der Waals surface area contributed by atoms with Crippen LogP contribution in [0.3, 0.4) is 0 Å². The van der Waals surface area contributed by atoms with Crippen molar-refractivity contribution in [3.05, 3.63) is 12.4 Å². The lowest BCUT2D eigenvalue weighted by molar-refractivity contribution is 0.232. The van der Waals surface area contributed by atoms with Crippen LogP contribution in [0.4, 0.5) is 5.82 Å². The van der Waals surface area contributed by atoms with Crippen molar-refractivity contribution in [2.45, 2.75) is 38.7 Å². The van der Waals surface area contributed by atoms with Gasteiger partial charge in [0.15, 0.2) is 0 Å². The summed E-state index contributed by atoms with van der Waals surface area (Å²) in [4.78, 5) is 8.31. The lowest BCUT2D eigenvalue weighted by atomic mass is 10.3. The van der Waals surface area contributed by atoms with Gasteiger partial charge in [0.2, 0.25) is 5.88 Å². The minimum absolute atomic E-state index is 0.0981. The predicted octanol–water partition coefficient (Wildman–Crippen LogP) is 2.69. The number of alkyl halides is 1. The average Bonchev–Trinajstić information content (AvgIpc) is 2.25. The van der Waals surface area contributed by atoms with E-state index >= 15 is 0 Å². The molecule has 90 valence electrons. The van der Waals surface area contributed by atoms with Crippen LogP contribution in [0.25, 0.3) is 0 Å². The molecular weight excluding hydrogens is 226 g/mol. The number of aromatic nitrogens is 2. The Morgan fingerprint density at radius 1 is 1.44 bits per heavy atom. The number of ether oxygens (including phenoxy) is 1. The molecule has 0 bridgehead atoms. The molecule has 1 aromatic rings. The summed E-state index contributed by atoms with van der Waals surface area (Å²) < 4.78 is 5.44. The molecule has 1 rings (SSSR count). The fraction of sp³-hybridized carbons (Fsp3) is 0.636. The molecule has 4 nitrogen and oxygen atoms in total. The van der Waals surface area contributed by atoms with Crippen LogP contribution < -0.4 is 10.1 Å². The summed E-state index contributed by atoms with van der Waals surface area (Å²) in [5.74, 6) is 1.22. The molecule has 0 aliphatic carbocycles. The monoisotopic (exact) mass is 243 g/mol. The maximum atomic E-state index is 6.00. The van der Waals surface area contributed by atoms with Crippen molar-refractivity contribution in [2.24, 2.45) is 0 Å². The number of hydrogen-bond donors (Lipinski definition) is 1. The summed E-state index contributed by atoms with van der Waals surface area (Å²) in [5, 5.41) is 3.23. The minimum atomic E-state index is 0.0981. The van der Waals surface area contributed by atoms with E-state index in [9.17, 15) is 0 Å². The fourth-order valence-corrected chi connectivity index (χ4v) is 1.17. The third-order valence-electron chi connectivity index (χ3n) is 1.92. The van der Waals surface area contributed by atoms with Crippen LogP contribution in [0.5, 0.6) is 5.88 Å². The van der Waals surface area contributed by atoms with Crippen LogP contribution in [0.2, 0.25) is 0 Å². The van der Waals surface area contributed by atoms with Gasteiger partial charge in [0.05, 0.1) is 23.9 Å². The number of hydrogen-bond acceptors (Lipinski definition) is 4. The van der Waals surface area contributed by atoms with Crippen LogP contribution in [-0.2, 0) is 0 Å². The lowest BCUT2D eigenvalue weighted by Crippen LogP contribution is -2.15. The fourth-order valence-electron chi connectivity index (χ4n) is 1.09. The van der Waals surface area contributed by atoms with E-state index in [1.807, 2.05) is 20.8 Å². The molecule has 0 spiro atoms. The Morgan fingerprint density at radius 3 is 2.81 bits per heavy atom. The second-order valence-electron chi connectivity index (χ2n) is 3.80. The molecule has 0 fully saturated rings. The summed E-state index contributed by atoms with van der Waals surface area (Å²) in [6, 6.07) is 0. The number of anilines is 1. The van der Waals surface area contributed by atoms with Gasteiger partial charge < -0.3 is 10.1 Å². The van der Waals surface area contributed by atoms with Gasteiger partial charge in [-0.15, -0.1) is 11.6 Å². The van der Waals surface area contributed by atoms with E-state index in [1.165, 1.54) is 0 Å². The summed E-state index contributed by atoms with van der Waals surface area (Å²) in [6.07, 6.45) is 4.28. The highest BCUT2D eigenvalue weighted by Gasteiger charge is 2.04. The molecule has 1 N–H and O–H groups in total. The number of nitrogens with one attached hydrogen (secondary N) is 1. The quantitative estimate of drug-likeness (QED) is 0.781. The van der Waals surface area contributed by atoms with Crippen molar-refractivity contribution in [3.63, 3.8) is 0 Å². The van der Waals surface area contributed by atoms with Gasteiger partial charge >= 0.3 is 0 Å². The first-order valence-electron chi connectivity index (χ1n) is 5.48. The van der Waals surface area contributed by atoms with E-state index in [1.54, 1.807) is 12.4 Å². The van der Waals surface area contributed by atoms with Crippen molar-refractivity contribution in [1.82, 2.24) is 9.97 Å². The Balaban J connectivity index is 2.53. The summed E-state index contributed by atoms with van der Waals surface area (Å²) in [5.41, 5.74) is 0. The molecule has 0 saturated carbocycles. The van der Waals surface area contributed by atoms with Gasteiger partial charge in [-0.1, -0.05) is 6.92 Å². The smallest absolute Gasteiger partial charge is 0.234 e. The Hall–Kier alpha value is -1.03. The zero-order chi connectivity index (χ0) is 12.0. The molecule has 0 radical (unpaired) electrons. The molecule has 0 aliphatic heterocycles. The molecule has 0 aliphatic rings. The molecule has 1 unspecified atom stereocenters. The maximum absolute atomic E-state index is 6.00. The van der Waals surface area contributed by atoms with E-state index in [2.05, 4.69) is 15.3 Å². The second kappa shape index (κ2) is 6.53. The standard InChI is InChI=1S/C11H18ClN3O/c1-4-9(12)5-14-10-6-13-7-11(15-10)16-8(2)3/h6-9H,4-5H2,1-3H3,(H,14,15). The summed E-state index contributed by atoms with van der Waals surface area (Å²) in [7, 11) is 0. The zero-order valence-electron chi connectivity index (χ0n) is 9.90. The summed E-state index contributed by atoms with van der Waals surface area (Å²) in [6.45, 7) is 6.63. The van der Waals surface area contributed by atoms with Crippen LogP contribution in [-0.4, -0.2) is 28.0 Å². The Bertz CT molecular complexity index is 320. The van der Waals surface area contributed by atoms with Gasteiger partial charge in [0, 0.05) is 6.54 Å². The van der Waals surface area contributed by atoms with Crippen LogP contribution >= 0.6 is 11.6 Å². The van der Waals surface area contributed by atoms with Gasteiger partial charge in [-0.3, -0.25) is 4.98 Å². The molecule has 0 amide bonds. The topological polar surface area (TPSA) is 47.0 Å². The van der Waals surface area contributed by atoms with E-state index in [0.717, 1.165) is 6.42 Å². The first kappa shape index (κ1) is 13.0. The third-order valence-corrected chi connectivity index (χ3v) is 2.38. The van der Waals surface area contributed by atoms with Crippen molar-refractivity contribution in [2.75, 3.05) is 11.9 Å². The molecule has 0 saturated heterocycles. The maximum Gasteiger partial charge on any atom is 0.234 e. The SMILES string of the molecule is CCC(Cl)CNc1cncc(OC(C)C)n1. The molecule has 16 heavy (non-hydrogen) atoms. The second-order valence-corrected chi connectivity index (χ2v) is 4.41. The largest absolute Gasteiger partial charge is 0.474 e. The van der Waals surface area contributed by atoms with E-state index < -0.39 is 0 Å². The van der Waals surface area contributed by atoms with E-state index in [4.69, 9.17) is 16.3 Å². The Morgan fingerprint density at radius 2 is 2.19 bits per heavy atom. The average molecular weight is 244 g/mol.